The first kappa shape index (κ1) is 15.3. The summed E-state index contributed by atoms with van der Waals surface area (Å²) in [6, 6.07) is 18.6. The third kappa shape index (κ3) is 3.11. The lowest BCUT2D eigenvalue weighted by Gasteiger charge is -2.04. The van der Waals surface area contributed by atoms with E-state index in [4.69, 9.17) is 11.6 Å². The molecule has 3 nitrogen and oxygen atoms in total. The van der Waals surface area contributed by atoms with Crippen LogP contribution < -0.4 is 0 Å². The van der Waals surface area contributed by atoms with Crippen molar-refractivity contribution in [3.8, 4) is 16.6 Å². The van der Waals surface area contributed by atoms with Gasteiger partial charge in [0.15, 0.2) is 5.76 Å². The van der Waals surface area contributed by atoms with E-state index in [1.54, 1.807) is 30.5 Å². The number of allylic oxidation sites excluding steroid dienone is 1. The number of hydrogen-bond acceptors (Lipinski definition) is 4. The van der Waals surface area contributed by atoms with Crippen LogP contribution in [-0.4, -0.2) is 10.1 Å². The van der Waals surface area contributed by atoms with Crippen LogP contribution in [0.4, 0.5) is 0 Å². The van der Waals surface area contributed by atoms with E-state index in [2.05, 4.69) is 4.98 Å². The number of thiazole rings is 1. The molecule has 0 saturated carbocycles. The summed E-state index contributed by atoms with van der Waals surface area (Å²) in [6.45, 7) is 0. The fourth-order valence-electron chi connectivity index (χ4n) is 2.13. The fraction of sp³-hybridized carbons (Fsp3) is 0. The Balaban J connectivity index is 2.06. The van der Waals surface area contributed by atoms with Crippen LogP contribution in [0.1, 0.15) is 10.4 Å². The predicted molar refractivity (Wildman–Crippen MR) is 94.1 cm³/mol. The first-order valence-corrected chi connectivity index (χ1v) is 8.00. The van der Waals surface area contributed by atoms with Crippen molar-refractivity contribution in [2.75, 3.05) is 0 Å². The van der Waals surface area contributed by atoms with Gasteiger partial charge >= 0.3 is 0 Å². The quantitative estimate of drug-likeness (QED) is 0.513. The van der Waals surface area contributed by atoms with Gasteiger partial charge in [-0.3, -0.25) is 0 Å². The Morgan fingerprint density at radius 1 is 1.09 bits per heavy atom. The lowest BCUT2D eigenvalue weighted by atomic mass is 10.1. The monoisotopic (exact) mass is 338 g/mol. The normalized spacial score (nSPS) is 11.7. The molecule has 1 aromatic heterocycles. The van der Waals surface area contributed by atoms with Crippen LogP contribution in [-0.2, 0) is 0 Å². The smallest absolute Gasteiger partial charge is 0.152 e. The summed E-state index contributed by atoms with van der Waals surface area (Å²) in [4.78, 5) is 4.85. The van der Waals surface area contributed by atoms with E-state index in [-0.39, 0.29) is 11.3 Å². The van der Waals surface area contributed by atoms with Gasteiger partial charge in [-0.25, -0.2) is 4.98 Å². The van der Waals surface area contributed by atoms with Crippen molar-refractivity contribution in [2.45, 2.75) is 0 Å². The Morgan fingerprint density at radius 2 is 1.78 bits per heavy atom. The molecule has 5 heteroatoms. The molecule has 0 atom stereocenters. The first-order chi connectivity index (χ1) is 11.2. The van der Waals surface area contributed by atoms with Gasteiger partial charge in [-0.05, 0) is 6.07 Å². The molecule has 0 aliphatic rings. The number of hydrogen-bond donors (Lipinski definition) is 1. The summed E-state index contributed by atoms with van der Waals surface area (Å²) in [7, 11) is 0. The molecule has 3 rings (SSSR count). The minimum atomic E-state index is -0.111. The molecule has 0 radical (unpaired) electrons. The SMILES string of the molecule is N#CC(=C(O)c1cnc(-c2ccccc2)s1)c1ccccc1Cl. The standard InChI is InChI=1S/C18H11ClN2OS/c19-15-9-5-4-8-13(15)14(10-20)17(22)16-11-21-18(23-16)12-6-2-1-3-7-12/h1-9,11,22H. The molecule has 3 aromatic rings. The van der Waals surface area contributed by atoms with E-state index in [0.29, 0.717) is 15.5 Å². The largest absolute Gasteiger partial charge is 0.505 e. The fourth-order valence-corrected chi connectivity index (χ4v) is 3.23. The van der Waals surface area contributed by atoms with Gasteiger partial charge in [0.25, 0.3) is 0 Å². The van der Waals surface area contributed by atoms with E-state index in [0.717, 1.165) is 10.6 Å². The Kier molecular flexibility index (Phi) is 4.42. The summed E-state index contributed by atoms with van der Waals surface area (Å²) >= 11 is 7.45. The summed E-state index contributed by atoms with van der Waals surface area (Å²) in [6.07, 6.45) is 1.57. The van der Waals surface area contributed by atoms with Crippen molar-refractivity contribution in [3.05, 3.63) is 76.3 Å². The van der Waals surface area contributed by atoms with Gasteiger partial charge in [-0.1, -0.05) is 60.1 Å². The van der Waals surface area contributed by atoms with Gasteiger partial charge in [-0.15, -0.1) is 11.3 Å². The second-order valence-corrected chi connectivity index (χ2v) is 6.15. The average molecular weight is 339 g/mol. The van der Waals surface area contributed by atoms with Crippen molar-refractivity contribution >= 4 is 34.3 Å². The summed E-state index contributed by atoms with van der Waals surface area (Å²) < 4.78 is 0. The van der Waals surface area contributed by atoms with Gasteiger partial charge in [0, 0.05) is 22.3 Å². The molecule has 1 N–H and O–H groups in total. The zero-order chi connectivity index (χ0) is 16.2. The minimum Gasteiger partial charge on any atom is -0.505 e. The molecular formula is C18H11ClN2OS. The molecule has 0 unspecified atom stereocenters. The van der Waals surface area contributed by atoms with E-state index in [9.17, 15) is 10.4 Å². The maximum atomic E-state index is 10.5. The highest BCUT2D eigenvalue weighted by Gasteiger charge is 2.16. The predicted octanol–water partition coefficient (Wildman–Crippen LogP) is 5.41. The summed E-state index contributed by atoms with van der Waals surface area (Å²) in [5, 5.41) is 21.1. The zero-order valence-corrected chi connectivity index (χ0v) is 13.5. The van der Waals surface area contributed by atoms with E-state index >= 15 is 0 Å². The summed E-state index contributed by atoms with van der Waals surface area (Å²) in [5.74, 6) is -0.111. The second kappa shape index (κ2) is 6.66. The van der Waals surface area contributed by atoms with E-state index < -0.39 is 0 Å². The molecule has 2 aromatic carbocycles. The minimum absolute atomic E-state index is 0.111. The highest BCUT2D eigenvalue weighted by atomic mass is 35.5. The van der Waals surface area contributed by atoms with Gasteiger partial charge in [0.05, 0.1) is 4.88 Å². The van der Waals surface area contributed by atoms with Gasteiger partial charge in [0.1, 0.15) is 16.6 Å². The molecule has 0 amide bonds. The zero-order valence-electron chi connectivity index (χ0n) is 11.9. The number of nitrogens with zero attached hydrogens (tertiary/aromatic N) is 2. The molecular weight excluding hydrogens is 328 g/mol. The maximum absolute atomic E-state index is 10.5. The number of nitriles is 1. The van der Waals surface area contributed by atoms with Crippen LogP contribution in [0.25, 0.3) is 21.9 Å². The third-order valence-electron chi connectivity index (χ3n) is 3.25. The number of aliphatic hydroxyl groups excluding tert-OH is 1. The van der Waals surface area contributed by atoms with Crippen molar-refractivity contribution in [1.82, 2.24) is 4.98 Å². The molecule has 1 heterocycles. The maximum Gasteiger partial charge on any atom is 0.152 e. The molecule has 0 fully saturated rings. The molecule has 0 bridgehead atoms. The lowest BCUT2D eigenvalue weighted by Crippen LogP contribution is -1.89. The van der Waals surface area contributed by atoms with Gasteiger partial charge in [-0.2, -0.15) is 5.26 Å². The topological polar surface area (TPSA) is 56.9 Å². The highest BCUT2D eigenvalue weighted by molar-refractivity contribution is 7.16. The van der Waals surface area contributed by atoms with Crippen LogP contribution in [0.5, 0.6) is 0 Å². The average Bonchev–Trinajstić information content (AvgIpc) is 3.08. The number of rotatable bonds is 3. The Labute approximate surface area is 142 Å². The van der Waals surface area contributed by atoms with Crippen molar-refractivity contribution in [2.24, 2.45) is 0 Å². The van der Waals surface area contributed by atoms with Crippen LogP contribution in [0.2, 0.25) is 5.02 Å². The molecule has 0 spiro atoms. The van der Waals surface area contributed by atoms with Crippen LogP contribution in [0.3, 0.4) is 0 Å². The van der Waals surface area contributed by atoms with Gasteiger partial charge < -0.3 is 5.11 Å². The van der Waals surface area contributed by atoms with E-state index in [1.165, 1.54) is 11.3 Å². The number of aromatic nitrogens is 1. The Bertz CT molecular complexity index is 910. The van der Waals surface area contributed by atoms with Crippen LogP contribution >= 0.6 is 22.9 Å². The summed E-state index contributed by atoms with van der Waals surface area (Å²) in [5.41, 5.74) is 1.61. The number of aliphatic hydroxyl groups is 1. The lowest BCUT2D eigenvalue weighted by molar-refractivity contribution is 0.516. The Morgan fingerprint density at radius 3 is 2.48 bits per heavy atom. The highest BCUT2D eigenvalue weighted by Crippen LogP contribution is 2.33. The molecule has 0 aliphatic carbocycles. The molecule has 0 saturated heterocycles. The number of halogens is 1. The van der Waals surface area contributed by atoms with Crippen molar-refractivity contribution < 1.29 is 5.11 Å². The molecule has 112 valence electrons. The van der Waals surface area contributed by atoms with E-state index in [1.807, 2.05) is 36.4 Å². The molecule has 0 aliphatic heterocycles. The number of benzene rings is 2. The third-order valence-corrected chi connectivity index (χ3v) is 4.63. The Hall–Kier alpha value is -2.61. The first-order valence-electron chi connectivity index (χ1n) is 6.80. The van der Waals surface area contributed by atoms with Crippen LogP contribution in [0.15, 0.2) is 60.8 Å². The second-order valence-electron chi connectivity index (χ2n) is 4.71. The van der Waals surface area contributed by atoms with Crippen molar-refractivity contribution in [1.29, 1.82) is 5.26 Å². The van der Waals surface area contributed by atoms with Crippen molar-refractivity contribution in [3.63, 3.8) is 0 Å². The van der Waals surface area contributed by atoms with Gasteiger partial charge in [0.2, 0.25) is 0 Å². The van der Waals surface area contributed by atoms with Crippen LogP contribution in [0, 0.1) is 11.3 Å². The molecule has 23 heavy (non-hydrogen) atoms.